The summed E-state index contributed by atoms with van der Waals surface area (Å²) in [6.07, 6.45) is 0. The fraction of sp³-hybridized carbons (Fsp3) is 0.222. The van der Waals surface area contributed by atoms with Crippen molar-refractivity contribution in [2.75, 3.05) is 31.5 Å². The summed E-state index contributed by atoms with van der Waals surface area (Å²) in [5.41, 5.74) is 0.325. The fourth-order valence-electron chi connectivity index (χ4n) is 2.71. The summed E-state index contributed by atoms with van der Waals surface area (Å²) in [7, 11) is 0. The molecule has 1 heterocycles. The number of piperazine rings is 1. The van der Waals surface area contributed by atoms with Crippen molar-refractivity contribution in [1.29, 1.82) is 0 Å². The number of hydrogen-bond donors (Lipinski definition) is 1. The van der Waals surface area contributed by atoms with E-state index < -0.39 is 11.7 Å². The summed E-state index contributed by atoms with van der Waals surface area (Å²) in [5, 5.41) is 2.73. The van der Waals surface area contributed by atoms with Crippen molar-refractivity contribution in [3.8, 4) is 0 Å². The second-order valence-electron chi connectivity index (χ2n) is 5.81. The predicted octanol–water partition coefficient (Wildman–Crippen LogP) is 3.61. The lowest BCUT2D eigenvalue weighted by molar-refractivity contribution is 0.0667. The van der Waals surface area contributed by atoms with Crippen LogP contribution in [0.1, 0.15) is 10.4 Å². The predicted molar refractivity (Wildman–Crippen MR) is 94.3 cm³/mol. The zero-order valence-corrected chi connectivity index (χ0v) is 14.5. The molecule has 0 radical (unpaired) electrons. The molecule has 0 aliphatic carbocycles. The van der Waals surface area contributed by atoms with Crippen LogP contribution in [0, 0.1) is 11.6 Å². The summed E-state index contributed by atoms with van der Waals surface area (Å²) in [6.45, 7) is 1.12. The summed E-state index contributed by atoms with van der Waals surface area (Å²) in [5.74, 6) is -1.55. The summed E-state index contributed by atoms with van der Waals surface area (Å²) in [4.78, 5) is 27.7. The Hall–Kier alpha value is -2.67. The Labute approximate surface area is 154 Å². The Morgan fingerprint density at radius 3 is 2.15 bits per heavy atom. The van der Waals surface area contributed by atoms with Crippen molar-refractivity contribution in [3.63, 3.8) is 0 Å². The van der Waals surface area contributed by atoms with E-state index >= 15 is 0 Å². The Balaban J connectivity index is 1.59. The first-order valence-corrected chi connectivity index (χ1v) is 8.38. The molecule has 2 aromatic rings. The van der Waals surface area contributed by atoms with E-state index in [1.165, 1.54) is 52.3 Å². The average molecular weight is 380 g/mol. The molecule has 1 saturated heterocycles. The van der Waals surface area contributed by atoms with E-state index in [9.17, 15) is 18.4 Å². The van der Waals surface area contributed by atoms with Gasteiger partial charge in [0.2, 0.25) is 0 Å². The third kappa shape index (κ3) is 3.94. The number of rotatable bonds is 2. The molecule has 0 atom stereocenters. The zero-order valence-electron chi connectivity index (χ0n) is 13.7. The largest absolute Gasteiger partial charge is 0.335 e. The number of anilines is 1. The molecule has 26 heavy (non-hydrogen) atoms. The van der Waals surface area contributed by atoms with Crippen molar-refractivity contribution in [2.24, 2.45) is 0 Å². The van der Waals surface area contributed by atoms with Crippen LogP contribution in [0.5, 0.6) is 0 Å². The van der Waals surface area contributed by atoms with E-state index in [-0.39, 0.29) is 35.5 Å². The van der Waals surface area contributed by atoms with Gasteiger partial charge in [-0.25, -0.2) is 13.6 Å². The van der Waals surface area contributed by atoms with Crippen molar-refractivity contribution in [3.05, 3.63) is 64.7 Å². The van der Waals surface area contributed by atoms with Gasteiger partial charge in [-0.1, -0.05) is 17.7 Å². The maximum Gasteiger partial charge on any atom is 0.321 e. The van der Waals surface area contributed by atoms with E-state index in [1.807, 2.05) is 0 Å². The molecule has 3 rings (SSSR count). The topological polar surface area (TPSA) is 52.7 Å². The van der Waals surface area contributed by atoms with Gasteiger partial charge in [0.1, 0.15) is 11.6 Å². The summed E-state index contributed by atoms with van der Waals surface area (Å²) < 4.78 is 26.8. The Bertz CT molecular complexity index is 801. The van der Waals surface area contributed by atoms with Gasteiger partial charge in [-0.15, -0.1) is 0 Å². The minimum atomic E-state index is -0.668. The van der Waals surface area contributed by atoms with Gasteiger partial charge in [-0.05, 0) is 36.4 Å². The SMILES string of the molecule is O=C(Nc1ccc(F)cc1)N1CCN(C(=O)c2c(F)cccc2Cl)CC1. The molecule has 1 N–H and O–H groups in total. The van der Waals surface area contributed by atoms with E-state index in [1.54, 1.807) is 0 Å². The van der Waals surface area contributed by atoms with Gasteiger partial charge in [-0.2, -0.15) is 0 Å². The lowest BCUT2D eigenvalue weighted by Crippen LogP contribution is -2.51. The molecule has 0 bridgehead atoms. The quantitative estimate of drug-likeness (QED) is 0.866. The van der Waals surface area contributed by atoms with Gasteiger partial charge in [0.25, 0.3) is 5.91 Å². The van der Waals surface area contributed by atoms with Crippen LogP contribution in [0.4, 0.5) is 19.3 Å². The van der Waals surface area contributed by atoms with Gasteiger partial charge in [0.05, 0.1) is 10.6 Å². The van der Waals surface area contributed by atoms with Gasteiger partial charge in [-0.3, -0.25) is 4.79 Å². The van der Waals surface area contributed by atoms with Crippen LogP contribution >= 0.6 is 11.6 Å². The Kier molecular flexibility index (Phi) is 5.37. The van der Waals surface area contributed by atoms with Crippen LogP contribution in [0.15, 0.2) is 42.5 Å². The molecule has 2 aromatic carbocycles. The first-order chi connectivity index (χ1) is 12.5. The van der Waals surface area contributed by atoms with E-state index in [0.717, 1.165) is 0 Å². The van der Waals surface area contributed by atoms with Crippen molar-refractivity contribution < 1.29 is 18.4 Å². The number of benzene rings is 2. The monoisotopic (exact) mass is 379 g/mol. The van der Waals surface area contributed by atoms with Crippen LogP contribution in [0.2, 0.25) is 5.02 Å². The zero-order chi connectivity index (χ0) is 18.7. The van der Waals surface area contributed by atoms with E-state index in [0.29, 0.717) is 18.8 Å². The van der Waals surface area contributed by atoms with Crippen LogP contribution in [-0.4, -0.2) is 47.9 Å². The number of nitrogens with zero attached hydrogens (tertiary/aromatic N) is 2. The Morgan fingerprint density at radius 1 is 0.923 bits per heavy atom. The number of hydrogen-bond acceptors (Lipinski definition) is 2. The van der Waals surface area contributed by atoms with Crippen molar-refractivity contribution in [2.45, 2.75) is 0 Å². The number of urea groups is 1. The normalized spacial score (nSPS) is 14.3. The highest BCUT2D eigenvalue weighted by atomic mass is 35.5. The molecule has 1 aliphatic rings. The third-order valence-corrected chi connectivity index (χ3v) is 4.44. The molecule has 0 spiro atoms. The molecule has 3 amide bonds. The van der Waals surface area contributed by atoms with Gasteiger partial charge in [0, 0.05) is 31.9 Å². The van der Waals surface area contributed by atoms with Gasteiger partial charge >= 0.3 is 6.03 Å². The standard InChI is InChI=1S/C18H16ClF2N3O2/c19-14-2-1-3-15(21)16(14)17(25)23-8-10-24(11-9-23)18(26)22-13-6-4-12(20)5-7-13/h1-7H,8-11H2,(H,22,26). The maximum absolute atomic E-state index is 13.9. The number of carbonyl (C=O) groups excluding carboxylic acids is 2. The van der Waals surface area contributed by atoms with Crippen LogP contribution in [0.3, 0.4) is 0 Å². The summed E-state index contributed by atoms with van der Waals surface area (Å²) in [6, 6.07) is 9.18. The van der Waals surface area contributed by atoms with E-state index in [4.69, 9.17) is 11.6 Å². The van der Waals surface area contributed by atoms with Crippen molar-refractivity contribution in [1.82, 2.24) is 9.80 Å². The highest BCUT2D eigenvalue weighted by Crippen LogP contribution is 2.21. The molecule has 1 fully saturated rings. The molecular formula is C18H16ClF2N3O2. The lowest BCUT2D eigenvalue weighted by atomic mass is 10.1. The molecular weight excluding hydrogens is 364 g/mol. The van der Waals surface area contributed by atoms with E-state index in [2.05, 4.69) is 5.32 Å². The van der Waals surface area contributed by atoms with Crippen LogP contribution < -0.4 is 5.32 Å². The number of carbonyl (C=O) groups is 2. The first-order valence-electron chi connectivity index (χ1n) is 8.00. The molecule has 0 aromatic heterocycles. The molecule has 5 nitrogen and oxygen atoms in total. The Morgan fingerprint density at radius 2 is 1.54 bits per heavy atom. The third-order valence-electron chi connectivity index (χ3n) is 4.13. The second kappa shape index (κ2) is 7.70. The summed E-state index contributed by atoms with van der Waals surface area (Å²) >= 11 is 5.94. The highest BCUT2D eigenvalue weighted by molar-refractivity contribution is 6.33. The molecule has 0 unspecified atom stereocenters. The molecule has 8 heteroatoms. The van der Waals surface area contributed by atoms with Gasteiger partial charge in [0.15, 0.2) is 0 Å². The number of halogens is 3. The first kappa shape index (κ1) is 18.1. The molecule has 1 aliphatic heterocycles. The second-order valence-corrected chi connectivity index (χ2v) is 6.22. The highest BCUT2D eigenvalue weighted by Gasteiger charge is 2.27. The molecule has 136 valence electrons. The van der Waals surface area contributed by atoms with Crippen LogP contribution in [-0.2, 0) is 0 Å². The minimum Gasteiger partial charge on any atom is -0.335 e. The maximum atomic E-state index is 13.9. The van der Waals surface area contributed by atoms with Gasteiger partial charge < -0.3 is 15.1 Å². The molecule has 0 saturated carbocycles. The number of amides is 3. The average Bonchev–Trinajstić information content (AvgIpc) is 2.63. The minimum absolute atomic E-state index is 0.0616. The lowest BCUT2D eigenvalue weighted by Gasteiger charge is -2.34. The number of nitrogens with one attached hydrogen (secondary N) is 1. The van der Waals surface area contributed by atoms with Crippen LogP contribution in [0.25, 0.3) is 0 Å². The van der Waals surface area contributed by atoms with Crippen molar-refractivity contribution >= 4 is 29.2 Å². The smallest absolute Gasteiger partial charge is 0.321 e. The fourth-order valence-corrected chi connectivity index (χ4v) is 2.95.